The number of carbonyl (C=O) groups excluding carboxylic acids is 1. The zero-order valence-electron chi connectivity index (χ0n) is 9.77. The Morgan fingerprint density at radius 1 is 1.41 bits per heavy atom. The number of hydrogen-bond acceptors (Lipinski definition) is 4. The molecule has 0 aliphatic rings. The highest BCUT2D eigenvalue weighted by Gasteiger charge is 2.16. The summed E-state index contributed by atoms with van der Waals surface area (Å²) >= 11 is 0. The monoisotopic (exact) mass is 258 g/mol. The SMILES string of the molecule is COc1cc(S(N)(=O)=O)c(C)cc1NC(C)=O. The van der Waals surface area contributed by atoms with Crippen LogP contribution in [0.5, 0.6) is 5.75 Å². The van der Waals surface area contributed by atoms with E-state index in [9.17, 15) is 13.2 Å². The van der Waals surface area contributed by atoms with Gasteiger partial charge in [0.15, 0.2) is 0 Å². The number of anilines is 1. The second kappa shape index (κ2) is 4.72. The molecule has 0 bridgehead atoms. The van der Waals surface area contributed by atoms with Gasteiger partial charge in [0.25, 0.3) is 0 Å². The molecular formula is C10H14N2O4S. The van der Waals surface area contributed by atoms with Gasteiger partial charge in [0.05, 0.1) is 17.7 Å². The van der Waals surface area contributed by atoms with Gasteiger partial charge in [-0.1, -0.05) is 0 Å². The lowest BCUT2D eigenvalue weighted by Gasteiger charge is -2.12. The van der Waals surface area contributed by atoms with Crippen molar-refractivity contribution in [3.8, 4) is 5.75 Å². The van der Waals surface area contributed by atoms with E-state index in [4.69, 9.17) is 9.88 Å². The average Bonchev–Trinajstić information content (AvgIpc) is 2.14. The summed E-state index contributed by atoms with van der Waals surface area (Å²) in [6.07, 6.45) is 0. The number of rotatable bonds is 3. The number of carbonyl (C=O) groups is 1. The fourth-order valence-electron chi connectivity index (χ4n) is 1.43. The van der Waals surface area contributed by atoms with Crippen LogP contribution < -0.4 is 15.2 Å². The Kier molecular flexibility index (Phi) is 3.74. The second-order valence-corrected chi connectivity index (χ2v) is 5.07. The van der Waals surface area contributed by atoms with Gasteiger partial charge < -0.3 is 10.1 Å². The largest absolute Gasteiger partial charge is 0.495 e. The predicted octanol–water partition coefficient (Wildman–Crippen LogP) is 0.609. The van der Waals surface area contributed by atoms with Gasteiger partial charge in [-0.25, -0.2) is 13.6 Å². The molecule has 0 aliphatic heterocycles. The van der Waals surface area contributed by atoms with Gasteiger partial charge >= 0.3 is 0 Å². The van der Waals surface area contributed by atoms with E-state index >= 15 is 0 Å². The topological polar surface area (TPSA) is 98.5 Å². The molecule has 17 heavy (non-hydrogen) atoms. The number of primary sulfonamides is 1. The van der Waals surface area contributed by atoms with Crippen molar-refractivity contribution in [2.45, 2.75) is 18.7 Å². The van der Waals surface area contributed by atoms with Gasteiger partial charge in [-0.15, -0.1) is 0 Å². The van der Waals surface area contributed by atoms with E-state index in [-0.39, 0.29) is 16.6 Å². The molecule has 94 valence electrons. The first-order valence-electron chi connectivity index (χ1n) is 4.74. The molecule has 7 heteroatoms. The van der Waals surface area contributed by atoms with Crippen molar-refractivity contribution in [1.29, 1.82) is 0 Å². The van der Waals surface area contributed by atoms with Crippen LogP contribution in [0.1, 0.15) is 12.5 Å². The smallest absolute Gasteiger partial charge is 0.238 e. The van der Waals surface area contributed by atoms with E-state index in [2.05, 4.69) is 5.32 Å². The molecule has 0 spiro atoms. The zero-order chi connectivity index (χ0) is 13.2. The summed E-state index contributed by atoms with van der Waals surface area (Å²) in [7, 11) is -2.43. The molecule has 6 nitrogen and oxygen atoms in total. The number of amides is 1. The predicted molar refractivity (Wildman–Crippen MR) is 63.4 cm³/mol. The summed E-state index contributed by atoms with van der Waals surface area (Å²) in [4.78, 5) is 10.9. The number of nitrogens with one attached hydrogen (secondary N) is 1. The Balaban J connectivity index is 3.40. The van der Waals surface area contributed by atoms with Crippen LogP contribution in [0.3, 0.4) is 0 Å². The summed E-state index contributed by atoms with van der Waals surface area (Å²) in [5.74, 6) is -0.0270. The van der Waals surface area contributed by atoms with E-state index in [1.54, 1.807) is 6.92 Å². The maximum atomic E-state index is 11.3. The molecule has 0 saturated heterocycles. The van der Waals surface area contributed by atoms with Crippen molar-refractivity contribution in [1.82, 2.24) is 0 Å². The zero-order valence-corrected chi connectivity index (χ0v) is 10.6. The number of sulfonamides is 1. The standard InChI is InChI=1S/C10H14N2O4S/c1-6-4-8(12-7(2)13)9(16-3)5-10(6)17(11,14)15/h4-5H,1-3H3,(H,12,13)(H2,11,14,15). The highest BCUT2D eigenvalue weighted by molar-refractivity contribution is 7.89. The van der Waals surface area contributed by atoms with Crippen molar-refractivity contribution in [2.24, 2.45) is 5.14 Å². The molecule has 0 saturated carbocycles. The molecule has 1 aromatic rings. The average molecular weight is 258 g/mol. The quantitative estimate of drug-likeness (QED) is 0.829. The fraction of sp³-hybridized carbons (Fsp3) is 0.300. The third-order valence-corrected chi connectivity index (χ3v) is 3.17. The Morgan fingerprint density at radius 2 is 2.00 bits per heavy atom. The molecule has 0 heterocycles. The van der Waals surface area contributed by atoms with Gasteiger partial charge in [-0.3, -0.25) is 4.79 Å². The highest BCUT2D eigenvalue weighted by Crippen LogP contribution is 2.30. The van der Waals surface area contributed by atoms with E-state index in [0.29, 0.717) is 11.3 Å². The van der Waals surface area contributed by atoms with Crippen LogP contribution >= 0.6 is 0 Å². The number of hydrogen-bond donors (Lipinski definition) is 2. The van der Waals surface area contributed by atoms with Crippen molar-refractivity contribution in [3.05, 3.63) is 17.7 Å². The molecule has 1 aromatic carbocycles. The normalized spacial score (nSPS) is 11.1. The number of nitrogens with two attached hydrogens (primary N) is 1. The lowest BCUT2D eigenvalue weighted by Crippen LogP contribution is -2.15. The molecule has 1 amide bonds. The summed E-state index contributed by atoms with van der Waals surface area (Å²) in [6, 6.07) is 2.79. The maximum absolute atomic E-state index is 11.3. The van der Waals surface area contributed by atoms with Crippen LogP contribution in [0.2, 0.25) is 0 Å². The second-order valence-electron chi connectivity index (χ2n) is 3.54. The minimum Gasteiger partial charge on any atom is -0.495 e. The van der Waals surface area contributed by atoms with Crippen LogP contribution in [0.25, 0.3) is 0 Å². The molecule has 0 unspecified atom stereocenters. The molecule has 3 N–H and O–H groups in total. The van der Waals surface area contributed by atoms with Crippen molar-refractivity contribution < 1.29 is 17.9 Å². The third kappa shape index (κ3) is 3.18. The number of benzene rings is 1. The minimum atomic E-state index is -3.80. The first-order valence-corrected chi connectivity index (χ1v) is 6.29. The molecule has 0 aliphatic carbocycles. The first-order chi connectivity index (χ1) is 7.75. The summed E-state index contributed by atoms with van der Waals surface area (Å²) < 4.78 is 27.6. The van der Waals surface area contributed by atoms with Crippen LogP contribution in [0, 0.1) is 6.92 Å². The Labute approximate surface area is 99.8 Å². The summed E-state index contributed by atoms with van der Waals surface area (Å²) in [6.45, 7) is 2.94. The van der Waals surface area contributed by atoms with Gasteiger partial charge in [0, 0.05) is 13.0 Å². The maximum Gasteiger partial charge on any atom is 0.238 e. The van der Waals surface area contributed by atoms with Crippen molar-refractivity contribution in [2.75, 3.05) is 12.4 Å². The van der Waals surface area contributed by atoms with Crippen LogP contribution in [-0.4, -0.2) is 21.4 Å². The molecule has 0 atom stereocenters. The van der Waals surface area contributed by atoms with Crippen molar-refractivity contribution >= 4 is 21.6 Å². The molecule has 0 radical (unpaired) electrons. The molecular weight excluding hydrogens is 244 g/mol. The van der Waals surface area contributed by atoms with Crippen molar-refractivity contribution in [3.63, 3.8) is 0 Å². The molecule has 0 aromatic heterocycles. The molecule has 1 rings (SSSR count). The van der Waals surface area contributed by atoms with Crippen LogP contribution in [0.4, 0.5) is 5.69 Å². The summed E-state index contributed by atoms with van der Waals surface area (Å²) in [5, 5.41) is 7.61. The third-order valence-electron chi connectivity index (χ3n) is 2.11. The number of methoxy groups -OCH3 is 1. The van der Waals surface area contributed by atoms with Gasteiger partial charge in [0.2, 0.25) is 15.9 Å². The fourth-order valence-corrected chi connectivity index (χ4v) is 2.21. The summed E-state index contributed by atoms with van der Waals surface area (Å²) in [5.41, 5.74) is 0.849. The van der Waals surface area contributed by atoms with E-state index < -0.39 is 10.0 Å². The Morgan fingerprint density at radius 3 is 2.41 bits per heavy atom. The lowest BCUT2D eigenvalue weighted by molar-refractivity contribution is -0.114. The minimum absolute atomic E-state index is 0.0246. The Bertz CT molecular complexity index is 552. The van der Waals surface area contributed by atoms with Gasteiger partial charge in [0.1, 0.15) is 5.75 Å². The first kappa shape index (κ1) is 13.5. The number of ether oxygens (including phenoxy) is 1. The van der Waals surface area contributed by atoms with Crippen LogP contribution in [-0.2, 0) is 14.8 Å². The van der Waals surface area contributed by atoms with Gasteiger partial charge in [-0.05, 0) is 18.6 Å². The lowest BCUT2D eigenvalue weighted by atomic mass is 10.2. The van der Waals surface area contributed by atoms with E-state index in [1.165, 1.54) is 26.2 Å². The van der Waals surface area contributed by atoms with Crippen LogP contribution in [0.15, 0.2) is 17.0 Å². The van der Waals surface area contributed by atoms with E-state index in [0.717, 1.165) is 0 Å². The molecule has 0 fully saturated rings. The van der Waals surface area contributed by atoms with E-state index in [1.807, 2.05) is 0 Å². The highest BCUT2D eigenvalue weighted by atomic mass is 32.2. The number of aryl methyl sites for hydroxylation is 1. The Hall–Kier alpha value is -1.60. The van der Waals surface area contributed by atoms with Gasteiger partial charge in [-0.2, -0.15) is 0 Å².